The third kappa shape index (κ3) is 2.84. The van der Waals surface area contributed by atoms with E-state index in [1.165, 1.54) is 18.2 Å². The Labute approximate surface area is 104 Å². The van der Waals surface area contributed by atoms with Gasteiger partial charge in [0.1, 0.15) is 11.6 Å². The van der Waals surface area contributed by atoms with Crippen molar-refractivity contribution in [1.29, 1.82) is 0 Å². The molecule has 0 saturated carbocycles. The van der Waals surface area contributed by atoms with E-state index in [1.54, 1.807) is 24.3 Å². The number of hydrogen-bond donors (Lipinski definition) is 2. The average Bonchev–Trinajstić information content (AvgIpc) is 2.35. The van der Waals surface area contributed by atoms with Gasteiger partial charge in [-0.2, -0.15) is 0 Å². The molecule has 4 heteroatoms. The van der Waals surface area contributed by atoms with Gasteiger partial charge in [-0.05, 0) is 48.9 Å². The standard InChI is InChI=1S/C14H14F2N2/c15-11-5-6-13(10(9-11)7-8-17)18-14-4-2-1-3-12(14)16/h1-6,9,18H,7-8,17H2. The van der Waals surface area contributed by atoms with Crippen LogP contribution in [0.1, 0.15) is 5.56 Å². The second kappa shape index (κ2) is 5.60. The molecule has 0 unspecified atom stereocenters. The maximum absolute atomic E-state index is 13.5. The molecule has 2 aromatic carbocycles. The van der Waals surface area contributed by atoms with E-state index in [9.17, 15) is 8.78 Å². The van der Waals surface area contributed by atoms with Crippen LogP contribution in [0.15, 0.2) is 42.5 Å². The summed E-state index contributed by atoms with van der Waals surface area (Å²) in [5.74, 6) is -0.668. The van der Waals surface area contributed by atoms with E-state index < -0.39 is 0 Å². The molecule has 0 aliphatic heterocycles. The highest BCUT2D eigenvalue weighted by Crippen LogP contribution is 2.24. The van der Waals surface area contributed by atoms with Gasteiger partial charge in [0.2, 0.25) is 0 Å². The van der Waals surface area contributed by atoms with Crippen LogP contribution >= 0.6 is 0 Å². The van der Waals surface area contributed by atoms with Gasteiger partial charge in [-0.25, -0.2) is 8.78 Å². The molecule has 0 bridgehead atoms. The molecule has 94 valence electrons. The van der Waals surface area contributed by atoms with E-state index >= 15 is 0 Å². The van der Waals surface area contributed by atoms with Crippen molar-refractivity contribution >= 4 is 11.4 Å². The third-order valence-corrected chi connectivity index (χ3v) is 2.62. The zero-order valence-electron chi connectivity index (χ0n) is 9.79. The van der Waals surface area contributed by atoms with Crippen molar-refractivity contribution < 1.29 is 8.78 Å². The predicted octanol–water partition coefficient (Wildman–Crippen LogP) is 3.21. The van der Waals surface area contributed by atoms with Crippen LogP contribution in [0, 0.1) is 11.6 Å². The van der Waals surface area contributed by atoms with Crippen LogP contribution in [0.3, 0.4) is 0 Å². The second-order valence-electron chi connectivity index (χ2n) is 3.94. The summed E-state index contributed by atoms with van der Waals surface area (Å²) in [6, 6.07) is 10.7. The van der Waals surface area contributed by atoms with Gasteiger partial charge in [0, 0.05) is 5.69 Å². The minimum absolute atomic E-state index is 0.322. The topological polar surface area (TPSA) is 38.0 Å². The van der Waals surface area contributed by atoms with E-state index in [4.69, 9.17) is 5.73 Å². The lowest BCUT2D eigenvalue weighted by atomic mass is 10.1. The molecule has 3 N–H and O–H groups in total. The molecule has 0 fully saturated rings. The van der Waals surface area contributed by atoms with Crippen LogP contribution in [0.4, 0.5) is 20.2 Å². The number of anilines is 2. The lowest BCUT2D eigenvalue weighted by Gasteiger charge is -2.12. The van der Waals surface area contributed by atoms with Gasteiger partial charge in [0.15, 0.2) is 0 Å². The van der Waals surface area contributed by atoms with Gasteiger partial charge >= 0.3 is 0 Å². The maximum Gasteiger partial charge on any atom is 0.146 e. The zero-order chi connectivity index (χ0) is 13.0. The quantitative estimate of drug-likeness (QED) is 0.872. The number of nitrogens with two attached hydrogens (primary N) is 1. The SMILES string of the molecule is NCCc1cc(F)ccc1Nc1ccccc1F. The number of nitrogens with one attached hydrogen (secondary N) is 1. The number of para-hydroxylation sites is 1. The predicted molar refractivity (Wildman–Crippen MR) is 68.8 cm³/mol. The highest BCUT2D eigenvalue weighted by molar-refractivity contribution is 5.63. The summed E-state index contributed by atoms with van der Waals surface area (Å²) in [6.45, 7) is 0.412. The number of rotatable bonds is 4. The first-order chi connectivity index (χ1) is 8.70. The average molecular weight is 248 g/mol. The summed E-state index contributed by atoms with van der Waals surface area (Å²) >= 11 is 0. The number of halogens is 2. The first-order valence-electron chi connectivity index (χ1n) is 5.71. The molecule has 2 rings (SSSR count). The van der Waals surface area contributed by atoms with E-state index in [2.05, 4.69) is 5.32 Å². The van der Waals surface area contributed by atoms with Crippen LogP contribution in [0.5, 0.6) is 0 Å². The fourth-order valence-corrected chi connectivity index (χ4v) is 1.75. The molecule has 0 heterocycles. The Morgan fingerprint density at radius 2 is 1.78 bits per heavy atom. The monoisotopic (exact) mass is 248 g/mol. The van der Waals surface area contributed by atoms with Gasteiger partial charge in [-0.1, -0.05) is 12.1 Å². The Morgan fingerprint density at radius 1 is 1.00 bits per heavy atom. The van der Waals surface area contributed by atoms with E-state index in [0.717, 1.165) is 5.56 Å². The maximum atomic E-state index is 13.5. The molecule has 0 radical (unpaired) electrons. The zero-order valence-corrected chi connectivity index (χ0v) is 9.79. The summed E-state index contributed by atoms with van der Waals surface area (Å²) in [7, 11) is 0. The van der Waals surface area contributed by atoms with Crippen LogP contribution in [-0.4, -0.2) is 6.54 Å². The lowest BCUT2D eigenvalue weighted by Crippen LogP contribution is -2.06. The smallest absolute Gasteiger partial charge is 0.146 e. The minimum Gasteiger partial charge on any atom is -0.353 e. The Bertz CT molecular complexity index is 541. The molecule has 0 amide bonds. The molecule has 2 nitrogen and oxygen atoms in total. The van der Waals surface area contributed by atoms with Crippen molar-refractivity contribution in [1.82, 2.24) is 0 Å². The summed E-state index contributed by atoms with van der Waals surface area (Å²) in [6.07, 6.45) is 0.536. The highest BCUT2D eigenvalue weighted by atomic mass is 19.1. The Kier molecular flexibility index (Phi) is 3.89. The molecular weight excluding hydrogens is 234 g/mol. The van der Waals surface area contributed by atoms with Crippen molar-refractivity contribution in [2.75, 3.05) is 11.9 Å². The van der Waals surface area contributed by atoms with Crippen molar-refractivity contribution in [3.05, 3.63) is 59.7 Å². The molecule has 18 heavy (non-hydrogen) atoms. The Hall–Kier alpha value is -1.94. The summed E-state index contributed by atoms with van der Waals surface area (Å²) in [5.41, 5.74) is 7.25. The fraction of sp³-hybridized carbons (Fsp3) is 0.143. The molecule has 0 saturated heterocycles. The molecule has 0 atom stereocenters. The lowest BCUT2D eigenvalue weighted by molar-refractivity contribution is 0.625. The van der Waals surface area contributed by atoms with Crippen molar-refractivity contribution in [3.63, 3.8) is 0 Å². The highest BCUT2D eigenvalue weighted by Gasteiger charge is 2.06. The van der Waals surface area contributed by atoms with Crippen LogP contribution in [0.2, 0.25) is 0 Å². The van der Waals surface area contributed by atoms with Crippen molar-refractivity contribution in [2.24, 2.45) is 5.73 Å². The molecular formula is C14H14F2N2. The van der Waals surface area contributed by atoms with E-state index in [0.29, 0.717) is 24.3 Å². The van der Waals surface area contributed by atoms with Gasteiger partial charge in [-0.15, -0.1) is 0 Å². The van der Waals surface area contributed by atoms with Gasteiger partial charge in [0.25, 0.3) is 0 Å². The third-order valence-electron chi connectivity index (χ3n) is 2.62. The van der Waals surface area contributed by atoms with Gasteiger partial charge in [-0.3, -0.25) is 0 Å². The van der Waals surface area contributed by atoms with Crippen LogP contribution in [0.25, 0.3) is 0 Å². The Balaban J connectivity index is 2.31. The van der Waals surface area contributed by atoms with Crippen LogP contribution in [-0.2, 0) is 6.42 Å². The first kappa shape index (κ1) is 12.5. The normalized spacial score (nSPS) is 10.4. The van der Waals surface area contributed by atoms with E-state index in [1.807, 2.05) is 0 Å². The first-order valence-corrected chi connectivity index (χ1v) is 5.71. The molecule has 0 aliphatic carbocycles. The van der Waals surface area contributed by atoms with Gasteiger partial charge < -0.3 is 11.1 Å². The largest absolute Gasteiger partial charge is 0.353 e. The molecule has 0 spiro atoms. The van der Waals surface area contributed by atoms with Crippen molar-refractivity contribution in [2.45, 2.75) is 6.42 Å². The molecule has 2 aromatic rings. The second-order valence-corrected chi connectivity index (χ2v) is 3.94. The summed E-state index contributed by atoms with van der Waals surface area (Å²) in [4.78, 5) is 0. The fourth-order valence-electron chi connectivity index (χ4n) is 1.75. The van der Waals surface area contributed by atoms with Crippen molar-refractivity contribution in [3.8, 4) is 0 Å². The Morgan fingerprint density at radius 3 is 2.50 bits per heavy atom. The summed E-state index contributed by atoms with van der Waals surface area (Å²) in [5, 5.41) is 2.96. The van der Waals surface area contributed by atoms with Gasteiger partial charge in [0.05, 0.1) is 5.69 Å². The molecule has 0 aromatic heterocycles. The molecule has 0 aliphatic rings. The summed E-state index contributed by atoms with van der Waals surface area (Å²) < 4.78 is 26.7. The van der Waals surface area contributed by atoms with E-state index in [-0.39, 0.29) is 11.6 Å². The minimum atomic E-state index is -0.347. The number of benzene rings is 2. The van der Waals surface area contributed by atoms with Crippen LogP contribution < -0.4 is 11.1 Å². The number of hydrogen-bond acceptors (Lipinski definition) is 2.